The lowest BCUT2D eigenvalue weighted by molar-refractivity contribution is -0.142. The summed E-state index contributed by atoms with van der Waals surface area (Å²) in [5.41, 5.74) is 11.8. The number of hydrogen-bond acceptors (Lipinski definition) is 5. The van der Waals surface area contributed by atoms with E-state index in [-0.39, 0.29) is 12.5 Å². The molecule has 0 radical (unpaired) electrons. The lowest BCUT2D eigenvalue weighted by Gasteiger charge is -2.35. The van der Waals surface area contributed by atoms with Crippen LogP contribution in [-0.4, -0.2) is 41.0 Å². The van der Waals surface area contributed by atoms with E-state index in [1.165, 1.54) is 16.7 Å². The molecule has 1 atom stereocenters. The summed E-state index contributed by atoms with van der Waals surface area (Å²) < 4.78 is 0. The van der Waals surface area contributed by atoms with Crippen LogP contribution >= 0.6 is 0 Å². The topological polar surface area (TPSA) is 108 Å². The van der Waals surface area contributed by atoms with Gasteiger partial charge in [-0.2, -0.15) is 0 Å². The van der Waals surface area contributed by atoms with Crippen LogP contribution < -0.4 is 16.4 Å². The summed E-state index contributed by atoms with van der Waals surface area (Å²) in [5, 5.41) is 15.4. The molecule has 1 saturated carbocycles. The van der Waals surface area contributed by atoms with E-state index in [1.807, 2.05) is 49.2 Å². The van der Waals surface area contributed by atoms with Gasteiger partial charge in [0.05, 0.1) is 5.82 Å². The number of nitrogens with two attached hydrogens (primary N) is 1. The van der Waals surface area contributed by atoms with E-state index in [0.29, 0.717) is 25.2 Å². The van der Waals surface area contributed by atoms with E-state index in [4.69, 9.17) is 5.73 Å². The molecule has 1 unspecified atom stereocenters. The first-order valence-corrected chi connectivity index (χ1v) is 12.5. The average molecular weight is 479 g/mol. The summed E-state index contributed by atoms with van der Waals surface area (Å²) in [4.78, 5) is 26.8. The number of aliphatic carboxylic acids is 1. The summed E-state index contributed by atoms with van der Waals surface area (Å²) >= 11 is 0. The third-order valence-electron chi connectivity index (χ3n) is 6.25. The van der Waals surface area contributed by atoms with Gasteiger partial charge in [-0.3, -0.25) is 4.79 Å². The van der Waals surface area contributed by atoms with Crippen molar-refractivity contribution < 1.29 is 14.7 Å². The largest absolute Gasteiger partial charge is 0.480 e. The second-order valence-electron chi connectivity index (χ2n) is 9.23. The Bertz CT molecular complexity index is 1020. The van der Waals surface area contributed by atoms with Crippen LogP contribution in [0.25, 0.3) is 0 Å². The zero-order valence-electron chi connectivity index (χ0n) is 20.8. The van der Waals surface area contributed by atoms with Crippen molar-refractivity contribution in [2.45, 2.75) is 64.8 Å². The highest BCUT2D eigenvalue weighted by atomic mass is 16.4. The number of rotatable bonds is 12. The van der Waals surface area contributed by atoms with Gasteiger partial charge in [0.25, 0.3) is 0 Å². The average Bonchev–Trinajstić information content (AvgIpc) is 2.77. The Hall–Kier alpha value is -3.48. The predicted octanol–water partition coefficient (Wildman–Crippen LogP) is 3.96. The molecule has 35 heavy (non-hydrogen) atoms. The molecule has 0 aromatic heterocycles. The molecule has 0 bridgehead atoms. The fourth-order valence-electron chi connectivity index (χ4n) is 4.45. The van der Waals surface area contributed by atoms with Gasteiger partial charge in [0.15, 0.2) is 0 Å². The highest BCUT2D eigenvalue weighted by Crippen LogP contribution is 2.37. The van der Waals surface area contributed by atoms with Gasteiger partial charge in [0.2, 0.25) is 5.91 Å². The van der Waals surface area contributed by atoms with Gasteiger partial charge in [-0.25, -0.2) is 4.79 Å². The standard InChI is InChI=1S/C28H38N4O3/c1-3-9-25(29)30-15-8-14-24(28(34)35)31-26(33)19-32-18-20(2)16-23(27(32)22-12-7-13-22)17-21-10-5-4-6-11-21/h4-6,9-11,16,18,24,30H,3,7-8,12-15,17,19,29H2,1-2H3,(H,31,33)(H,34,35)/b25-9-. The number of nitrogens with zero attached hydrogens (tertiary/aromatic N) is 1. The fourth-order valence-corrected chi connectivity index (χ4v) is 4.45. The summed E-state index contributed by atoms with van der Waals surface area (Å²) in [5.74, 6) is -0.729. The lowest BCUT2D eigenvalue weighted by Crippen LogP contribution is -2.45. The molecule has 1 aromatic carbocycles. The number of amides is 1. The third kappa shape index (κ3) is 7.77. The zero-order valence-corrected chi connectivity index (χ0v) is 20.8. The summed E-state index contributed by atoms with van der Waals surface area (Å²) in [6.45, 7) is 4.68. The monoisotopic (exact) mass is 478 g/mol. The number of benzene rings is 1. The first-order valence-electron chi connectivity index (χ1n) is 12.5. The first kappa shape index (κ1) is 26.1. The molecule has 1 aliphatic carbocycles. The molecule has 0 spiro atoms. The normalized spacial score (nSPS) is 16.7. The Morgan fingerprint density at radius 3 is 2.60 bits per heavy atom. The number of hydrogen-bond donors (Lipinski definition) is 4. The summed E-state index contributed by atoms with van der Waals surface area (Å²) in [6, 6.07) is 9.39. The number of nitrogens with one attached hydrogen (secondary N) is 2. The van der Waals surface area contributed by atoms with Crippen molar-refractivity contribution in [1.82, 2.24) is 15.5 Å². The Balaban J connectivity index is 1.64. The second-order valence-corrected chi connectivity index (χ2v) is 9.23. The van der Waals surface area contributed by atoms with Gasteiger partial charge < -0.3 is 26.4 Å². The van der Waals surface area contributed by atoms with Crippen molar-refractivity contribution in [3.8, 4) is 0 Å². The van der Waals surface area contributed by atoms with Gasteiger partial charge in [-0.05, 0) is 80.2 Å². The van der Waals surface area contributed by atoms with Crippen LogP contribution in [0.15, 0.2) is 76.9 Å². The molecule has 3 rings (SSSR count). The predicted molar refractivity (Wildman–Crippen MR) is 139 cm³/mol. The van der Waals surface area contributed by atoms with Crippen molar-refractivity contribution in [3.63, 3.8) is 0 Å². The van der Waals surface area contributed by atoms with Crippen molar-refractivity contribution in [1.29, 1.82) is 0 Å². The van der Waals surface area contributed by atoms with Gasteiger partial charge in [0.1, 0.15) is 12.6 Å². The van der Waals surface area contributed by atoms with Crippen LogP contribution in [0.3, 0.4) is 0 Å². The van der Waals surface area contributed by atoms with E-state index >= 15 is 0 Å². The maximum absolute atomic E-state index is 13.0. The second kappa shape index (κ2) is 12.8. The number of carboxylic acid groups (broad SMARTS) is 1. The zero-order chi connectivity index (χ0) is 25.2. The molecule has 7 nitrogen and oxygen atoms in total. The Morgan fingerprint density at radius 1 is 1.23 bits per heavy atom. The molecule has 1 aromatic rings. The van der Waals surface area contributed by atoms with Gasteiger partial charge in [-0.1, -0.05) is 43.3 Å². The van der Waals surface area contributed by atoms with Crippen molar-refractivity contribution >= 4 is 11.9 Å². The Kier molecular flexibility index (Phi) is 9.58. The van der Waals surface area contributed by atoms with E-state index in [1.54, 1.807) is 0 Å². The van der Waals surface area contributed by atoms with Gasteiger partial charge >= 0.3 is 5.97 Å². The SMILES string of the molecule is CC/C=C(/N)NCCCC(NC(=O)CN1C=C(C)C=C(Cc2ccccc2)C1=C1CCC1)C(=O)O. The lowest BCUT2D eigenvalue weighted by atomic mass is 9.84. The van der Waals surface area contributed by atoms with Crippen molar-refractivity contribution in [2.24, 2.45) is 5.73 Å². The molecule has 5 N–H and O–H groups in total. The highest BCUT2D eigenvalue weighted by Gasteiger charge is 2.27. The summed E-state index contributed by atoms with van der Waals surface area (Å²) in [6.07, 6.45) is 11.8. The molecule has 0 saturated heterocycles. The number of allylic oxidation sites excluding steroid dienone is 5. The third-order valence-corrected chi connectivity index (χ3v) is 6.25. The molecule has 1 fully saturated rings. The fraction of sp³-hybridized carbons (Fsp3) is 0.429. The Morgan fingerprint density at radius 2 is 1.97 bits per heavy atom. The van der Waals surface area contributed by atoms with Crippen LogP contribution in [0, 0.1) is 0 Å². The van der Waals surface area contributed by atoms with Crippen molar-refractivity contribution in [3.05, 3.63) is 82.5 Å². The summed E-state index contributed by atoms with van der Waals surface area (Å²) in [7, 11) is 0. The maximum Gasteiger partial charge on any atom is 0.326 e. The first-order chi connectivity index (χ1) is 16.9. The van der Waals surface area contributed by atoms with Gasteiger partial charge in [0, 0.05) is 18.4 Å². The van der Waals surface area contributed by atoms with Crippen LogP contribution in [0.5, 0.6) is 0 Å². The minimum absolute atomic E-state index is 0.0938. The number of carbonyl (C=O) groups excluding carboxylic acids is 1. The molecule has 2 aliphatic rings. The number of carboxylic acids is 1. The molecule has 7 heteroatoms. The Labute approximate surface area is 208 Å². The smallest absolute Gasteiger partial charge is 0.326 e. The number of carbonyl (C=O) groups is 2. The minimum Gasteiger partial charge on any atom is -0.480 e. The van der Waals surface area contributed by atoms with Crippen molar-refractivity contribution in [2.75, 3.05) is 13.1 Å². The van der Waals surface area contributed by atoms with E-state index in [2.05, 4.69) is 28.8 Å². The van der Waals surface area contributed by atoms with Gasteiger partial charge in [-0.15, -0.1) is 0 Å². The van der Waals surface area contributed by atoms with Crippen LogP contribution in [-0.2, 0) is 16.0 Å². The van der Waals surface area contributed by atoms with Crippen LogP contribution in [0.4, 0.5) is 0 Å². The van der Waals surface area contributed by atoms with E-state index < -0.39 is 12.0 Å². The quantitative estimate of drug-likeness (QED) is 0.339. The molecule has 1 heterocycles. The van der Waals surface area contributed by atoms with Crippen LogP contribution in [0.1, 0.15) is 57.9 Å². The molecular weight excluding hydrogens is 440 g/mol. The van der Waals surface area contributed by atoms with E-state index in [0.717, 1.165) is 43.4 Å². The van der Waals surface area contributed by atoms with E-state index in [9.17, 15) is 14.7 Å². The molecule has 188 valence electrons. The van der Waals surface area contributed by atoms with Crippen LogP contribution in [0.2, 0.25) is 0 Å². The molecule has 1 amide bonds. The molecular formula is C28H38N4O3. The minimum atomic E-state index is -1.02. The highest BCUT2D eigenvalue weighted by molar-refractivity contribution is 5.85. The molecule has 1 aliphatic heterocycles. The maximum atomic E-state index is 13.0.